The second-order valence-corrected chi connectivity index (χ2v) is 7.28. The maximum atomic E-state index is 4.85. The van der Waals surface area contributed by atoms with E-state index in [-0.39, 0.29) is 6.04 Å². The van der Waals surface area contributed by atoms with Crippen LogP contribution in [0.1, 0.15) is 19.8 Å². The molecule has 0 saturated heterocycles. The minimum absolute atomic E-state index is 0.279. The van der Waals surface area contributed by atoms with Crippen molar-refractivity contribution >= 4 is 27.9 Å². The zero-order valence-electron chi connectivity index (χ0n) is 16.4. The summed E-state index contributed by atoms with van der Waals surface area (Å²) >= 11 is 0. The number of rotatable bonds is 4. The smallest absolute Gasteiger partial charge is 0.159 e. The van der Waals surface area contributed by atoms with Crippen LogP contribution in [0.15, 0.2) is 60.7 Å². The van der Waals surface area contributed by atoms with Gasteiger partial charge in [0.2, 0.25) is 0 Å². The molecule has 5 rings (SSSR count). The maximum absolute atomic E-state index is 4.85. The summed E-state index contributed by atoms with van der Waals surface area (Å²) in [7, 11) is 2.07. The Balaban J connectivity index is 1.49. The van der Waals surface area contributed by atoms with Crippen LogP contribution in [-0.4, -0.2) is 43.2 Å². The molecule has 29 heavy (non-hydrogen) atoms. The zero-order valence-corrected chi connectivity index (χ0v) is 16.4. The van der Waals surface area contributed by atoms with E-state index in [9.17, 15) is 0 Å². The molecule has 0 amide bonds. The molecule has 0 bridgehead atoms. The molecule has 4 aromatic rings. The number of aromatic amines is 1. The van der Waals surface area contributed by atoms with E-state index in [1.54, 1.807) is 12.5 Å². The highest BCUT2D eigenvalue weighted by Crippen LogP contribution is 2.28. The number of nitrogens with one attached hydrogen (secondary N) is 1. The van der Waals surface area contributed by atoms with Gasteiger partial charge >= 0.3 is 0 Å². The van der Waals surface area contributed by atoms with Crippen LogP contribution in [0, 0.1) is 0 Å². The second-order valence-electron chi connectivity index (χ2n) is 7.28. The predicted molar refractivity (Wildman–Crippen MR) is 115 cm³/mol. The molecular weight excluding hydrogens is 362 g/mol. The van der Waals surface area contributed by atoms with Crippen LogP contribution < -0.4 is 4.90 Å². The van der Waals surface area contributed by atoms with E-state index in [1.807, 2.05) is 24.4 Å². The van der Waals surface area contributed by atoms with Crippen molar-refractivity contribution in [2.45, 2.75) is 25.8 Å². The molecule has 0 fully saturated rings. The molecule has 1 N–H and O–H groups in total. The Bertz CT molecular complexity index is 1250. The van der Waals surface area contributed by atoms with E-state index in [4.69, 9.17) is 4.98 Å². The third kappa shape index (κ3) is 3.14. The number of aromatic nitrogens is 6. The predicted octanol–water partition coefficient (Wildman–Crippen LogP) is 4.06. The number of nitrogens with zero attached hydrogens (tertiary/aromatic N) is 6. The van der Waals surface area contributed by atoms with E-state index >= 15 is 0 Å². The first-order chi connectivity index (χ1) is 14.2. The summed E-state index contributed by atoms with van der Waals surface area (Å²) < 4.78 is 0. The monoisotopic (exact) mass is 383 g/mol. The minimum atomic E-state index is 0.279. The van der Waals surface area contributed by atoms with Crippen molar-refractivity contribution in [3.63, 3.8) is 0 Å². The van der Waals surface area contributed by atoms with Crippen molar-refractivity contribution < 1.29 is 0 Å². The molecular formula is C22H21N7. The fraction of sp³-hybridized carbons (Fsp3) is 0.227. The Morgan fingerprint density at radius 3 is 2.90 bits per heavy atom. The SMILES string of the molecule is C[C@H](C1=CC=CCC1)N(C)c1cnc2cc(-c3ncnc4[nH]ncc34)ccc2n1. The lowest BCUT2D eigenvalue weighted by atomic mass is 9.98. The molecule has 144 valence electrons. The van der Waals surface area contributed by atoms with Crippen LogP contribution in [0.25, 0.3) is 33.3 Å². The topological polar surface area (TPSA) is 83.5 Å². The number of likely N-dealkylation sites (N-methyl/N-ethyl adjacent to an activating group) is 1. The number of benzene rings is 1. The van der Waals surface area contributed by atoms with E-state index < -0.39 is 0 Å². The van der Waals surface area contributed by atoms with Gasteiger partial charge in [0.25, 0.3) is 0 Å². The molecule has 0 unspecified atom stereocenters. The van der Waals surface area contributed by atoms with Crippen molar-refractivity contribution in [1.82, 2.24) is 30.1 Å². The van der Waals surface area contributed by atoms with E-state index in [2.05, 4.69) is 62.2 Å². The summed E-state index contributed by atoms with van der Waals surface area (Å²) in [6.45, 7) is 2.21. The zero-order chi connectivity index (χ0) is 19.8. The standard InChI is InChI=1S/C22H21N7/c1-14(15-6-4-3-5-7-15)29(2)20-12-23-19-10-16(8-9-18(19)27-20)21-17-11-26-28-22(17)25-13-24-21/h3-4,6,8-14H,5,7H2,1-2H3,(H,24,25,26,28)/t14-/m1/s1. The fourth-order valence-corrected chi connectivity index (χ4v) is 3.73. The summed E-state index contributed by atoms with van der Waals surface area (Å²) in [6.07, 6.45) is 13.9. The number of hydrogen-bond acceptors (Lipinski definition) is 6. The van der Waals surface area contributed by atoms with Crippen molar-refractivity contribution in [1.29, 1.82) is 0 Å². The van der Waals surface area contributed by atoms with Gasteiger partial charge in [0.1, 0.15) is 12.1 Å². The van der Waals surface area contributed by atoms with Gasteiger partial charge in [0, 0.05) is 18.7 Å². The first-order valence-corrected chi connectivity index (χ1v) is 9.70. The molecule has 1 aliphatic rings. The van der Waals surface area contributed by atoms with Gasteiger partial charge in [-0.05, 0) is 37.5 Å². The Hall–Kier alpha value is -3.61. The third-order valence-electron chi connectivity index (χ3n) is 5.58. The summed E-state index contributed by atoms with van der Waals surface area (Å²) in [6, 6.07) is 6.31. The molecule has 0 aliphatic heterocycles. The molecule has 1 aliphatic carbocycles. The third-order valence-corrected chi connectivity index (χ3v) is 5.58. The Morgan fingerprint density at radius 1 is 1.10 bits per heavy atom. The highest BCUT2D eigenvalue weighted by atomic mass is 15.2. The maximum Gasteiger partial charge on any atom is 0.159 e. The lowest BCUT2D eigenvalue weighted by Gasteiger charge is -2.28. The van der Waals surface area contributed by atoms with Crippen LogP contribution >= 0.6 is 0 Å². The number of fused-ring (bicyclic) bond motifs is 2. The first kappa shape index (κ1) is 17.5. The first-order valence-electron chi connectivity index (χ1n) is 9.70. The molecule has 0 saturated carbocycles. The van der Waals surface area contributed by atoms with Crippen LogP contribution in [0.5, 0.6) is 0 Å². The van der Waals surface area contributed by atoms with Crippen LogP contribution in [0.2, 0.25) is 0 Å². The van der Waals surface area contributed by atoms with E-state index in [1.165, 1.54) is 5.57 Å². The largest absolute Gasteiger partial charge is 0.352 e. The highest BCUT2D eigenvalue weighted by Gasteiger charge is 2.17. The quantitative estimate of drug-likeness (QED) is 0.572. The molecule has 1 atom stereocenters. The molecule has 7 heteroatoms. The summed E-state index contributed by atoms with van der Waals surface area (Å²) in [5.41, 5.74) is 5.63. The van der Waals surface area contributed by atoms with Gasteiger partial charge in [0.05, 0.1) is 34.5 Å². The van der Waals surface area contributed by atoms with Gasteiger partial charge in [-0.25, -0.2) is 15.0 Å². The molecule has 1 aromatic carbocycles. The molecule has 0 radical (unpaired) electrons. The van der Waals surface area contributed by atoms with Crippen molar-refractivity contribution in [2.24, 2.45) is 0 Å². The number of allylic oxidation sites excluding steroid dienone is 3. The fourth-order valence-electron chi connectivity index (χ4n) is 3.73. The Labute approximate surface area is 168 Å². The molecule has 3 aromatic heterocycles. The van der Waals surface area contributed by atoms with E-state index in [0.717, 1.165) is 52.0 Å². The number of hydrogen-bond donors (Lipinski definition) is 1. The van der Waals surface area contributed by atoms with Crippen LogP contribution in [0.3, 0.4) is 0 Å². The number of H-pyrrole nitrogens is 1. The average molecular weight is 383 g/mol. The lowest BCUT2D eigenvalue weighted by Crippen LogP contribution is -2.31. The summed E-state index contributed by atoms with van der Waals surface area (Å²) in [5.74, 6) is 0.868. The van der Waals surface area contributed by atoms with Gasteiger partial charge < -0.3 is 4.90 Å². The lowest BCUT2D eigenvalue weighted by molar-refractivity contribution is 0.721. The van der Waals surface area contributed by atoms with Gasteiger partial charge in [-0.1, -0.05) is 24.3 Å². The van der Waals surface area contributed by atoms with Gasteiger partial charge in [-0.15, -0.1) is 0 Å². The molecule has 3 heterocycles. The highest BCUT2D eigenvalue weighted by molar-refractivity contribution is 5.92. The summed E-state index contributed by atoms with van der Waals surface area (Å²) in [5, 5.41) is 7.84. The second kappa shape index (κ2) is 7.09. The van der Waals surface area contributed by atoms with Crippen molar-refractivity contribution in [3.05, 3.63) is 60.7 Å². The van der Waals surface area contributed by atoms with Gasteiger partial charge in [0.15, 0.2) is 5.65 Å². The summed E-state index contributed by atoms with van der Waals surface area (Å²) in [4.78, 5) is 20.4. The number of anilines is 1. The molecule has 7 nitrogen and oxygen atoms in total. The van der Waals surface area contributed by atoms with Gasteiger partial charge in [-0.3, -0.25) is 10.1 Å². The Kier molecular flexibility index (Phi) is 4.27. The van der Waals surface area contributed by atoms with Gasteiger partial charge in [-0.2, -0.15) is 5.10 Å². The normalized spacial score (nSPS) is 14.9. The van der Waals surface area contributed by atoms with Crippen LogP contribution in [-0.2, 0) is 0 Å². The average Bonchev–Trinajstić information content (AvgIpc) is 3.27. The Morgan fingerprint density at radius 2 is 2.03 bits per heavy atom. The van der Waals surface area contributed by atoms with E-state index in [0.29, 0.717) is 0 Å². The minimum Gasteiger partial charge on any atom is -0.352 e. The van der Waals surface area contributed by atoms with Crippen molar-refractivity contribution in [2.75, 3.05) is 11.9 Å². The van der Waals surface area contributed by atoms with Crippen LogP contribution in [0.4, 0.5) is 5.82 Å². The van der Waals surface area contributed by atoms with Crippen molar-refractivity contribution in [3.8, 4) is 11.3 Å². The molecule has 0 spiro atoms.